The van der Waals surface area contributed by atoms with Crippen LogP contribution < -0.4 is 24.8 Å². The van der Waals surface area contributed by atoms with Gasteiger partial charge in [0.2, 0.25) is 0 Å². The molecule has 6 heteroatoms. The normalized spacial score (nSPS) is 19.9. The molecular weight excluding hydrogens is 783 g/mol. The molecule has 0 radical (unpaired) electrons. The fraction of sp³-hybridized carbons (Fsp3) is 0.543. The zero-order chi connectivity index (χ0) is 35.2. The molecule has 3 fully saturated rings. The quantitative estimate of drug-likeness (QED) is 0.227. The second-order valence-electron chi connectivity index (χ2n) is 16.0. The van der Waals surface area contributed by atoms with E-state index < -0.39 is 0 Å². The van der Waals surface area contributed by atoms with Gasteiger partial charge in [0, 0.05) is 0 Å². The third kappa shape index (κ3) is 10.4. The molecule has 4 aliphatic carbocycles. The van der Waals surface area contributed by atoms with E-state index in [1.165, 1.54) is 86.3 Å². The molecule has 0 saturated heterocycles. The second-order valence-corrected chi connectivity index (χ2v) is 19.6. The van der Waals surface area contributed by atoms with E-state index in [2.05, 4.69) is 106 Å². The van der Waals surface area contributed by atoms with Gasteiger partial charge in [0.15, 0.2) is 0 Å². The Morgan fingerprint density at radius 2 is 0.942 bits per heavy atom. The molecule has 0 atom stereocenters. The van der Waals surface area contributed by atoms with Gasteiger partial charge in [0.25, 0.3) is 0 Å². The molecule has 0 amide bonds. The number of aryl methyl sites for hydroxylation is 6. The minimum absolute atomic E-state index is 0. The van der Waals surface area contributed by atoms with Crippen molar-refractivity contribution in [2.75, 3.05) is 0 Å². The van der Waals surface area contributed by atoms with Gasteiger partial charge in [-0.2, -0.15) is 0 Å². The predicted octanol–water partition coefficient (Wildman–Crippen LogP) is 6.75. The van der Waals surface area contributed by atoms with Crippen molar-refractivity contribution in [3.8, 4) is 0 Å². The van der Waals surface area contributed by atoms with Gasteiger partial charge in [-0.15, -0.1) is 0 Å². The van der Waals surface area contributed by atoms with E-state index in [9.17, 15) is 0 Å². The summed E-state index contributed by atoms with van der Waals surface area (Å²) < 4.78 is 2.06. The molecule has 5 aliphatic rings. The standard InChI is InChI=1S/C28H28N2.C18H33P.2ClH.Ru/c1-16-9-8-10-23(15-16)28-29-26(24-19(4)11-17(2)12-20(24)5)27(30-28)25-21(6)13-18(3)14-22(25)7;1-4-10-16(11-5-1)19(17-12-6-2-7-13-17)18-14-8-3-9-15-18;;;/h1,8-9,11-15H,10H2,2-7H3;16-18H,1-15H2;2*1H;/q;;;;+2/p-2. The second kappa shape index (κ2) is 20.4. The maximum atomic E-state index is 5.16. The molecule has 0 aromatic heterocycles. The SMILES string of the molecule is C1CCC(P(C2CCCCC2)C2CCCCC2)CC1.Cc1cc(C)c(C2=NC(=C3C=C([CH]=[Ru+2])C=CC3)N=C2c2c(C)cc(C)cc2C)c(C)c1.[Cl-].[Cl-]. The minimum Gasteiger partial charge on any atom is -1.00 e. The summed E-state index contributed by atoms with van der Waals surface area (Å²) in [6, 6.07) is 8.97. The zero-order valence-electron chi connectivity index (χ0n) is 32.6. The Morgan fingerprint density at radius 1 is 0.577 bits per heavy atom. The summed E-state index contributed by atoms with van der Waals surface area (Å²) in [5.41, 5.74) is 17.8. The van der Waals surface area contributed by atoms with Gasteiger partial charge < -0.3 is 24.8 Å². The molecule has 7 rings (SSSR count). The first kappa shape index (κ1) is 43.2. The fourth-order valence-electron chi connectivity index (χ4n) is 9.82. The first-order chi connectivity index (χ1) is 24.2. The van der Waals surface area contributed by atoms with Crippen molar-refractivity contribution in [2.45, 2.75) is 161 Å². The van der Waals surface area contributed by atoms with Gasteiger partial charge in [-0.1, -0.05) is 65.7 Å². The molecule has 2 aromatic rings. The monoisotopic (exact) mass is 844 g/mol. The summed E-state index contributed by atoms with van der Waals surface area (Å²) in [7, 11) is 0.385. The van der Waals surface area contributed by atoms with E-state index in [0.29, 0.717) is 7.92 Å². The number of hydrogen-bond acceptors (Lipinski definition) is 2. The number of allylic oxidation sites excluding steroid dienone is 5. The molecule has 282 valence electrons. The van der Waals surface area contributed by atoms with Crippen LogP contribution in [0.25, 0.3) is 0 Å². The number of hydrogen-bond donors (Lipinski definition) is 0. The van der Waals surface area contributed by atoms with Gasteiger partial charge in [0.05, 0.1) is 0 Å². The van der Waals surface area contributed by atoms with Crippen molar-refractivity contribution in [1.29, 1.82) is 0 Å². The first-order valence-electron chi connectivity index (χ1n) is 19.9. The molecule has 1 heterocycles. The average Bonchev–Trinajstić information content (AvgIpc) is 3.53. The van der Waals surface area contributed by atoms with Crippen LogP contribution in [-0.4, -0.2) is 33.0 Å². The maximum absolute atomic E-state index is 5.16. The van der Waals surface area contributed by atoms with E-state index in [1.54, 1.807) is 77.0 Å². The molecule has 0 bridgehead atoms. The minimum atomic E-state index is 0. The van der Waals surface area contributed by atoms with Crippen LogP contribution in [0, 0.1) is 41.5 Å². The van der Waals surface area contributed by atoms with Crippen molar-refractivity contribution in [3.05, 3.63) is 104 Å². The molecule has 2 nitrogen and oxygen atoms in total. The summed E-state index contributed by atoms with van der Waals surface area (Å²) in [4.78, 5) is 10.3. The first-order valence-corrected chi connectivity index (χ1v) is 22.4. The predicted molar refractivity (Wildman–Crippen MR) is 217 cm³/mol. The van der Waals surface area contributed by atoms with E-state index >= 15 is 0 Å². The third-order valence-corrected chi connectivity index (χ3v) is 16.5. The van der Waals surface area contributed by atoms with E-state index in [1.807, 2.05) is 0 Å². The van der Waals surface area contributed by atoms with Crippen LogP contribution in [0.3, 0.4) is 0 Å². The Hall–Kier alpha value is -1.50. The van der Waals surface area contributed by atoms with Gasteiger partial charge in [-0.25, -0.2) is 0 Å². The smallest absolute Gasteiger partial charge is 1.00 e. The van der Waals surface area contributed by atoms with Crippen LogP contribution in [-0.2, 0) is 17.9 Å². The van der Waals surface area contributed by atoms with Gasteiger partial charge >= 0.3 is 196 Å². The average molecular weight is 845 g/mol. The molecule has 2 aromatic carbocycles. The topological polar surface area (TPSA) is 24.7 Å². The Kier molecular flexibility index (Phi) is 17.0. The van der Waals surface area contributed by atoms with E-state index in [4.69, 9.17) is 9.98 Å². The molecule has 1 aliphatic heterocycles. The van der Waals surface area contributed by atoms with Crippen molar-refractivity contribution in [3.63, 3.8) is 0 Å². The number of nitrogens with zero attached hydrogens (tertiary/aromatic N) is 2. The summed E-state index contributed by atoms with van der Waals surface area (Å²) in [6.45, 7) is 13.0. The Balaban J connectivity index is 0.000000248. The maximum Gasteiger partial charge on any atom is -1.00 e. The Bertz CT molecular complexity index is 1550. The zero-order valence-corrected chi connectivity index (χ0v) is 36.8. The van der Waals surface area contributed by atoms with Crippen LogP contribution in [0.2, 0.25) is 0 Å². The fourth-order valence-corrected chi connectivity index (χ4v) is 14.8. The molecule has 0 unspecified atom stereocenters. The van der Waals surface area contributed by atoms with Gasteiger partial charge in [-0.3, -0.25) is 0 Å². The summed E-state index contributed by atoms with van der Waals surface area (Å²) >= 11 is 2.59. The van der Waals surface area contributed by atoms with Crippen LogP contribution in [0.5, 0.6) is 0 Å². The van der Waals surface area contributed by atoms with Crippen LogP contribution in [0.1, 0.15) is 147 Å². The molecule has 52 heavy (non-hydrogen) atoms. The van der Waals surface area contributed by atoms with Crippen molar-refractivity contribution in [1.82, 2.24) is 0 Å². The van der Waals surface area contributed by atoms with Crippen LogP contribution in [0.15, 0.2) is 69.4 Å². The summed E-state index contributed by atoms with van der Waals surface area (Å²) in [5.74, 6) is 0.832. The van der Waals surface area contributed by atoms with Crippen LogP contribution in [0.4, 0.5) is 0 Å². The summed E-state index contributed by atoms with van der Waals surface area (Å²) in [5, 5.41) is 0. The number of halogens is 2. The van der Waals surface area contributed by atoms with Crippen molar-refractivity contribution >= 4 is 24.0 Å². The Morgan fingerprint density at radius 3 is 1.29 bits per heavy atom. The number of aliphatic imine (C=N–C) groups is 2. The third-order valence-electron chi connectivity index (χ3n) is 11.9. The van der Waals surface area contributed by atoms with Gasteiger partial charge in [0.1, 0.15) is 0 Å². The van der Waals surface area contributed by atoms with Gasteiger partial charge in [-0.05, 0) is 55.5 Å². The largest absolute Gasteiger partial charge is 1.00 e. The van der Waals surface area contributed by atoms with E-state index in [-0.39, 0.29) is 24.8 Å². The number of rotatable bonds is 6. The summed E-state index contributed by atoms with van der Waals surface area (Å²) in [6.07, 6.45) is 31.0. The molecular formula is C46H61Cl2N2PRu. The molecule has 3 saturated carbocycles. The van der Waals surface area contributed by atoms with Crippen molar-refractivity contribution in [2.24, 2.45) is 9.98 Å². The molecule has 0 N–H and O–H groups in total. The van der Waals surface area contributed by atoms with E-state index in [0.717, 1.165) is 29.2 Å². The van der Waals surface area contributed by atoms with Crippen LogP contribution >= 0.6 is 7.92 Å². The molecule has 0 spiro atoms. The number of benzene rings is 2. The van der Waals surface area contributed by atoms with Crippen molar-refractivity contribution < 1.29 is 42.7 Å². The Labute approximate surface area is 339 Å².